The predicted octanol–water partition coefficient (Wildman–Crippen LogP) is 4.20. The standard InChI is InChI=1S/C20H20FN3OS/c1-3-14-8-10-15(11-9-14)22-19(25)12-16-13-26-20(24(16)2)23-18-7-5-4-6-17(18)21/h4-11,13H,3,12H2,1-2H3,(H,22,25). The molecule has 2 aromatic carbocycles. The number of carbonyl (C=O) groups excluding carboxylic acids is 1. The number of amides is 1. The topological polar surface area (TPSA) is 46.4 Å². The summed E-state index contributed by atoms with van der Waals surface area (Å²) in [5, 5.41) is 4.77. The Kier molecular flexibility index (Phi) is 5.63. The van der Waals surface area contributed by atoms with Gasteiger partial charge in [-0.15, -0.1) is 11.3 Å². The van der Waals surface area contributed by atoms with Crippen LogP contribution in [-0.2, 0) is 24.7 Å². The molecule has 0 aliphatic carbocycles. The number of aryl methyl sites for hydroxylation is 1. The maximum Gasteiger partial charge on any atom is 0.230 e. The summed E-state index contributed by atoms with van der Waals surface area (Å²) in [5.41, 5.74) is 3.12. The number of carbonyl (C=O) groups is 1. The number of nitrogens with one attached hydrogen (secondary N) is 1. The van der Waals surface area contributed by atoms with Gasteiger partial charge >= 0.3 is 0 Å². The van der Waals surface area contributed by atoms with Crippen LogP contribution in [0.1, 0.15) is 18.2 Å². The van der Waals surface area contributed by atoms with Gasteiger partial charge in [-0.3, -0.25) is 4.79 Å². The van der Waals surface area contributed by atoms with Crippen LogP contribution in [0.25, 0.3) is 0 Å². The van der Waals surface area contributed by atoms with Crippen molar-refractivity contribution in [2.75, 3.05) is 5.32 Å². The Morgan fingerprint density at radius 3 is 2.62 bits per heavy atom. The van der Waals surface area contributed by atoms with Crippen molar-refractivity contribution in [2.24, 2.45) is 12.0 Å². The Labute approximate surface area is 155 Å². The lowest BCUT2D eigenvalue weighted by atomic mass is 10.1. The number of benzene rings is 2. The lowest BCUT2D eigenvalue weighted by Gasteiger charge is -2.06. The average molecular weight is 369 g/mol. The first kappa shape index (κ1) is 18.1. The van der Waals surface area contributed by atoms with Gasteiger partial charge in [-0.1, -0.05) is 31.2 Å². The van der Waals surface area contributed by atoms with E-state index in [-0.39, 0.29) is 23.8 Å². The third-order valence-corrected chi connectivity index (χ3v) is 5.04. The fourth-order valence-electron chi connectivity index (χ4n) is 2.50. The van der Waals surface area contributed by atoms with Gasteiger partial charge < -0.3 is 9.88 Å². The molecule has 0 fully saturated rings. The smallest absolute Gasteiger partial charge is 0.230 e. The van der Waals surface area contributed by atoms with Crippen molar-refractivity contribution >= 4 is 28.6 Å². The molecule has 134 valence electrons. The molecule has 0 atom stereocenters. The highest BCUT2D eigenvalue weighted by Gasteiger charge is 2.09. The second-order valence-corrected chi connectivity index (χ2v) is 6.74. The molecule has 26 heavy (non-hydrogen) atoms. The van der Waals surface area contributed by atoms with E-state index in [0.717, 1.165) is 17.8 Å². The maximum absolute atomic E-state index is 13.8. The zero-order valence-electron chi connectivity index (χ0n) is 14.7. The summed E-state index contributed by atoms with van der Waals surface area (Å²) in [6.45, 7) is 2.09. The Bertz CT molecular complexity index is 973. The number of halogens is 1. The van der Waals surface area contributed by atoms with Gasteiger partial charge in [-0.05, 0) is 36.2 Å². The minimum atomic E-state index is -0.365. The van der Waals surface area contributed by atoms with E-state index in [2.05, 4.69) is 17.2 Å². The van der Waals surface area contributed by atoms with E-state index in [9.17, 15) is 9.18 Å². The Morgan fingerprint density at radius 2 is 1.92 bits per heavy atom. The van der Waals surface area contributed by atoms with Crippen LogP contribution in [0.15, 0.2) is 58.9 Å². The van der Waals surface area contributed by atoms with Gasteiger partial charge in [0.2, 0.25) is 5.91 Å². The molecule has 4 nitrogen and oxygen atoms in total. The summed E-state index contributed by atoms with van der Waals surface area (Å²) < 4.78 is 15.6. The van der Waals surface area contributed by atoms with Crippen molar-refractivity contribution in [1.82, 2.24) is 4.57 Å². The molecular weight excluding hydrogens is 349 g/mol. The first-order valence-electron chi connectivity index (χ1n) is 8.38. The third-order valence-electron chi connectivity index (χ3n) is 4.07. The fourth-order valence-corrected chi connectivity index (χ4v) is 3.41. The van der Waals surface area contributed by atoms with Crippen LogP contribution in [-0.4, -0.2) is 10.5 Å². The van der Waals surface area contributed by atoms with E-state index in [1.807, 2.05) is 41.3 Å². The van der Waals surface area contributed by atoms with E-state index in [4.69, 9.17) is 0 Å². The van der Waals surface area contributed by atoms with Crippen molar-refractivity contribution in [3.05, 3.63) is 75.8 Å². The Hall–Kier alpha value is -2.73. The van der Waals surface area contributed by atoms with Crippen molar-refractivity contribution in [2.45, 2.75) is 19.8 Å². The second-order valence-electron chi connectivity index (χ2n) is 5.91. The van der Waals surface area contributed by atoms with E-state index in [0.29, 0.717) is 4.80 Å². The lowest BCUT2D eigenvalue weighted by molar-refractivity contribution is -0.115. The summed E-state index contributed by atoms with van der Waals surface area (Å²) >= 11 is 1.38. The quantitative estimate of drug-likeness (QED) is 0.720. The highest BCUT2D eigenvalue weighted by molar-refractivity contribution is 7.07. The van der Waals surface area contributed by atoms with Gasteiger partial charge in [0.15, 0.2) is 4.80 Å². The lowest BCUT2D eigenvalue weighted by Crippen LogP contribution is -2.19. The largest absolute Gasteiger partial charge is 0.326 e. The van der Waals surface area contributed by atoms with Crippen LogP contribution < -0.4 is 10.1 Å². The van der Waals surface area contributed by atoms with Crippen LogP contribution in [0.2, 0.25) is 0 Å². The molecule has 0 spiro atoms. The zero-order valence-corrected chi connectivity index (χ0v) is 15.5. The van der Waals surface area contributed by atoms with Crippen molar-refractivity contribution in [3.63, 3.8) is 0 Å². The van der Waals surface area contributed by atoms with Crippen molar-refractivity contribution in [1.29, 1.82) is 0 Å². The minimum Gasteiger partial charge on any atom is -0.326 e. The summed E-state index contributed by atoms with van der Waals surface area (Å²) in [7, 11) is 1.83. The number of hydrogen-bond acceptors (Lipinski definition) is 3. The molecule has 3 rings (SSSR count). The highest BCUT2D eigenvalue weighted by atomic mass is 32.1. The maximum atomic E-state index is 13.8. The van der Waals surface area contributed by atoms with E-state index in [1.54, 1.807) is 18.2 Å². The number of para-hydroxylation sites is 1. The van der Waals surface area contributed by atoms with Crippen LogP contribution >= 0.6 is 11.3 Å². The van der Waals surface area contributed by atoms with Gasteiger partial charge in [-0.2, -0.15) is 0 Å². The molecule has 3 aromatic rings. The van der Waals surface area contributed by atoms with E-state index in [1.165, 1.54) is 23.0 Å². The van der Waals surface area contributed by atoms with Gasteiger partial charge in [0.05, 0.1) is 6.42 Å². The van der Waals surface area contributed by atoms with Gasteiger partial charge in [0.1, 0.15) is 11.5 Å². The van der Waals surface area contributed by atoms with Crippen LogP contribution in [0.5, 0.6) is 0 Å². The molecule has 0 radical (unpaired) electrons. The summed E-state index contributed by atoms with van der Waals surface area (Å²) in [6.07, 6.45) is 1.20. The fraction of sp³-hybridized carbons (Fsp3) is 0.200. The summed E-state index contributed by atoms with van der Waals surface area (Å²) in [4.78, 5) is 17.3. The first-order valence-corrected chi connectivity index (χ1v) is 9.26. The second kappa shape index (κ2) is 8.10. The molecule has 1 N–H and O–H groups in total. The molecule has 0 aliphatic rings. The Morgan fingerprint density at radius 1 is 1.19 bits per heavy atom. The first-order chi connectivity index (χ1) is 12.6. The number of rotatable bonds is 5. The molecule has 6 heteroatoms. The SMILES string of the molecule is CCc1ccc(NC(=O)Cc2csc(=Nc3ccccc3F)n2C)cc1. The molecule has 0 unspecified atom stereocenters. The molecule has 1 heterocycles. The van der Waals surface area contributed by atoms with Crippen LogP contribution in [0, 0.1) is 5.82 Å². The van der Waals surface area contributed by atoms with E-state index >= 15 is 0 Å². The van der Waals surface area contributed by atoms with Gasteiger partial charge in [0, 0.05) is 23.8 Å². The zero-order chi connectivity index (χ0) is 18.5. The molecule has 1 aromatic heterocycles. The molecule has 1 amide bonds. The molecule has 0 aliphatic heterocycles. The average Bonchev–Trinajstić information content (AvgIpc) is 2.97. The monoisotopic (exact) mass is 369 g/mol. The normalized spacial score (nSPS) is 11.6. The van der Waals surface area contributed by atoms with Crippen LogP contribution in [0.4, 0.5) is 15.8 Å². The minimum absolute atomic E-state index is 0.0971. The molecule has 0 saturated carbocycles. The number of anilines is 1. The third kappa shape index (κ3) is 4.26. The highest BCUT2D eigenvalue weighted by Crippen LogP contribution is 2.16. The van der Waals surface area contributed by atoms with Crippen LogP contribution in [0.3, 0.4) is 0 Å². The van der Waals surface area contributed by atoms with Crippen molar-refractivity contribution < 1.29 is 9.18 Å². The molecular formula is C20H20FN3OS. The number of nitrogens with zero attached hydrogens (tertiary/aromatic N) is 2. The number of aromatic nitrogens is 1. The van der Waals surface area contributed by atoms with Gasteiger partial charge in [-0.25, -0.2) is 9.38 Å². The summed E-state index contributed by atoms with van der Waals surface area (Å²) in [5.74, 6) is -0.462. The number of thiazole rings is 1. The molecule has 0 bridgehead atoms. The predicted molar refractivity (Wildman–Crippen MR) is 103 cm³/mol. The molecule has 0 saturated heterocycles. The van der Waals surface area contributed by atoms with E-state index < -0.39 is 0 Å². The summed E-state index contributed by atoms with van der Waals surface area (Å²) in [6, 6.07) is 14.2. The Balaban J connectivity index is 1.73. The number of hydrogen-bond donors (Lipinski definition) is 1. The van der Waals surface area contributed by atoms with Crippen molar-refractivity contribution in [3.8, 4) is 0 Å². The van der Waals surface area contributed by atoms with Gasteiger partial charge in [0.25, 0.3) is 0 Å².